The summed E-state index contributed by atoms with van der Waals surface area (Å²) >= 11 is 0. The standard InChI is InChI=1S/C16H19N3O2/c1-3-13-14(4-2)18-19-15(17-13)12(16(20)21)10-11-8-6-5-7-9-11/h5-9,12H,3-4,10H2,1-2H3,(H,20,21). The Balaban J connectivity index is 2.32. The van der Waals surface area contributed by atoms with E-state index in [0.29, 0.717) is 12.2 Å². The van der Waals surface area contributed by atoms with Gasteiger partial charge in [0.05, 0.1) is 11.4 Å². The molecule has 0 bridgehead atoms. The second-order valence-electron chi connectivity index (χ2n) is 4.85. The number of nitrogens with zero attached hydrogens (tertiary/aromatic N) is 3. The van der Waals surface area contributed by atoms with Gasteiger partial charge in [0.1, 0.15) is 5.92 Å². The predicted molar refractivity (Wildman–Crippen MR) is 79.1 cm³/mol. The lowest BCUT2D eigenvalue weighted by atomic mass is 9.98. The van der Waals surface area contributed by atoms with Gasteiger partial charge in [-0.15, -0.1) is 5.10 Å². The summed E-state index contributed by atoms with van der Waals surface area (Å²) in [5.41, 5.74) is 2.62. The summed E-state index contributed by atoms with van der Waals surface area (Å²) in [5.74, 6) is -1.40. The van der Waals surface area contributed by atoms with E-state index in [-0.39, 0.29) is 0 Å². The topological polar surface area (TPSA) is 76.0 Å². The van der Waals surface area contributed by atoms with Crippen LogP contribution in [0.15, 0.2) is 30.3 Å². The number of carboxylic acids is 1. The first kappa shape index (κ1) is 15.1. The highest BCUT2D eigenvalue weighted by molar-refractivity contribution is 5.75. The van der Waals surface area contributed by atoms with Crippen LogP contribution in [0, 0.1) is 0 Å². The van der Waals surface area contributed by atoms with Gasteiger partial charge in [0.2, 0.25) is 0 Å². The van der Waals surface area contributed by atoms with Crippen molar-refractivity contribution in [3.05, 3.63) is 53.1 Å². The third-order valence-electron chi connectivity index (χ3n) is 3.42. The highest BCUT2D eigenvalue weighted by Crippen LogP contribution is 2.19. The number of benzene rings is 1. The second kappa shape index (κ2) is 6.92. The molecule has 1 aromatic heterocycles. The molecular formula is C16H19N3O2. The summed E-state index contributed by atoms with van der Waals surface area (Å²) in [6.45, 7) is 3.98. The lowest BCUT2D eigenvalue weighted by Gasteiger charge is -2.12. The zero-order valence-corrected chi connectivity index (χ0v) is 12.3. The molecule has 2 rings (SSSR count). The van der Waals surface area contributed by atoms with Gasteiger partial charge < -0.3 is 5.11 Å². The molecule has 0 aliphatic heterocycles. The molecule has 0 radical (unpaired) electrons. The minimum absolute atomic E-state index is 0.292. The van der Waals surface area contributed by atoms with Gasteiger partial charge >= 0.3 is 5.97 Å². The molecule has 0 aliphatic rings. The van der Waals surface area contributed by atoms with E-state index >= 15 is 0 Å². The molecule has 0 saturated heterocycles. The van der Waals surface area contributed by atoms with Crippen molar-refractivity contribution in [1.29, 1.82) is 0 Å². The Morgan fingerprint density at radius 1 is 1.10 bits per heavy atom. The molecule has 0 saturated carbocycles. The molecule has 0 aliphatic carbocycles. The molecule has 0 amide bonds. The van der Waals surface area contributed by atoms with E-state index in [0.717, 1.165) is 29.8 Å². The van der Waals surface area contributed by atoms with Crippen LogP contribution in [-0.2, 0) is 24.1 Å². The van der Waals surface area contributed by atoms with Crippen molar-refractivity contribution in [2.45, 2.75) is 39.0 Å². The summed E-state index contributed by atoms with van der Waals surface area (Å²) in [6, 6.07) is 9.51. The van der Waals surface area contributed by atoms with Gasteiger partial charge in [-0.25, -0.2) is 4.98 Å². The van der Waals surface area contributed by atoms with Crippen molar-refractivity contribution in [3.63, 3.8) is 0 Å². The van der Waals surface area contributed by atoms with Crippen LogP contribution in [0.1, 0.15) is 42.5 Å². The summed E-state index contributed by atoms with van der Waals surface area (Å²) in [5, 5.41) is 17.6. The highest BCUT2D eigenvalue weighted by Gasteiger charge is 2.24. The Morgan fingerprint density at radius 3 is 2.33 bits per heavy atom. The molecule has 0 spiro atoms. The maximum atomic E-state index is 11.6. The first-order valence-corrected chi connectivity index (χ1v) is 7.14. The molecule has 2 aromatic rings. The molecule has 5 heteroatoms. The fourth-order valence-corrected chi connectivity index (χ4v) is 2.24. The van der Waals surface area contributed by atoms with E-state index in [9.17, 15) is 9.90 Å². The van der Waals surface area contributed by atoms with Crippen molar-refractivity contribution < 1.29 is 9.90 Å². The zero-order valence-electron chi connectivity index (χ0n) is 12.3. The number of carboxylic acid groups (broad SMARTS) is 1. The first-order chi connectivity index (χ1) is 10.2. The Morgan fingerprint density at radius 2 is 1.76 bits per heavy atom. The fourth-order valence-electron chi connectivity index (χ4n) is 2.24. The second-order valence-corrected chi connectivity index (χ2v) is 4.85. The average molecular weight is 285 g/mol. The average Bonchev–Trinajstić information content (AvgIpc) is 2.52. The third kappa shape index (κ3) is 3.62. The molecule has 1 aromatic carbocycles. The van der Waals surface area contributed by atoms with Crippen LogP contribution in [0.4, 0.5) is 0 Å². The summed E-state index contributed by atoms with van der Waals surface area (Å²) in [4.78, 5) is 16.0. The van der Waals surface area contributed by atoms with Crippen LogP contribution < -0.4 is 0 Å². The Kier molecular flexibility index (Phi) is 4.98. The third-order valence-corrected chi connectivity index (χ3v) is 3.42. The number of aryl methyl sites for hydroxylation is 2. The van der Waals surface area contributed by atoms with Crippen LogP contribution >= 0.6 is 0 Å². The number of aliphatic carboxylic acids is 1. The van der Waals surface area contributed by atoms with Gasteiger partial charge in [0.15, 0.2) is 5.82 Å². The van der Waals surface area contributed by atoms with Crippen molar-refractivity contribution >= 4 is 5.97 Å². The maximum Gasteiger partial charge on any atom is 0.314 e. The summed E-state index contributed by atoms with van der Waals surface area (Å²) in [7, 11) is 0. The van der Waals surface area contributed by atoms with E-state index in [2.05, 4.69) is 15.2 Å². The van der Waals surface area contributed by atoms with Crippen LogP contribution in [-0.4, -0.2) is 26.3 Å². The molecule has 21 heavy (non-hydrogen) atoms. The molecule has 1 N–H and O–H groups in total. The summed E-state index contributed by atoms with van der Waals surface area (Å²) in [6.07, 6.45) is 1.84. The van der Waals surface area contributed by atoms with Gasteiger partial charge in [-0.3, -0.25) is 4.79 Å². The molecule has 110 valence electrons. The van der Waals surface area contributed by atoms with Crippen molar-refractivity contribution in [2.75, 3.05) is 0 Å². The van der Waals surface area contributed by atoms with Gasteiger partial charge in [0.25, 0.3) is 0 Å². The quantitative estimate of drug-likeness (QED) is 0.882. The van der Waals surface area contributed by atoms with Crippen LogP contribution in [0.3, 0.4) is 0 Å². The number of aromatic nitrogens is 3. The lowest BCUT2D eigenvalue weighted by Crippen LogP contribution is -2.20. The van der Waals surface area contributed by atoms with E-state index in [4.69, 9.17) is 0 Å². The molecule has 1 heterocycles. The van der Waals surface area contributed by atoms with Gasteiger partial charge in [0, 0.05) is 0 Å². The maximum absolute atomic E-state index is 11.6. The smallest absolute Gasteiger partial charge is 0.314 e. The molecular weight excluding hydrogens is 266 g/mol. The van der Waals surface area contributed by atoms with Gasteiger partial charge in [-0.05, 0) is 24.8 Å². The minimum atomic E-state index is -0.924. The predicted octanol–water partition coefficient (Wildman–Crippen LogP) is 2.41. The number of hydrogen-bond acceptors (Lipinski definition) is 4. The van der Waals surface area contributed by atoms with Gasteiger partial charge in [-0.2, -0.15) is 5.10 Å². The van der Waals surface area contributed by atoms with E-state index in [1.54, 1.807) is 0 Å². The van der Waals surface area contributed by atoms with Crippen LogP contribution in [0.5, 0.6) is 0 Å². The normalized spacial score (nSPS) is 12.1. The molecule has 5 nitrogen and oxygen atoms in total. The lowest BCUT2D eigenvalue weighted by molar-refractivity contribution is -0.139. The van der Waals surface area contributed by atoms with Crippen LogP contribution in [0.25, 0.3) is 0 Å². The van der Waals surface area contributed by atoms with E-state index in [1.807, 2.05) is 44.2 Å². The van der Waals surface area contributed by atoms with Crippen molar-refractivity contribution in [1.82, 2.24) is 15.2 Å². The monoisotopic (exact) mass is 285 g/mol. The molecule has 1 atom stereocenters. The Bertz CT molecular complexity index is 614. The minimum Gasteiger partial charge on any atom is -0.481 e. The van der Waals surface area contributed by atoms with E-state index < -0.39 is 11.9 Å². The first-order valence-electron chi connectivity index (χ1n) is 7.14. The number of hydrogen-bond donors (Lipinski definition) is 1. The molecule has 1 unspecified atom stereocenters. The SMILES string of the molecule is CCc1nnc(C(Cc2ccccc2)C(=O)O)nc1CC. The number of rotatable bonds is 6. The Labute approximate surface area is 124 Å². The Hall–Kier alpha value is -2.30. The van der Waals surface area contributed by atoms with Gasteiger partial charge in [-0.1, -0.05) is 44.2 Å². The van der Waals surface area contributed by atoms with Crippen molar-refractivity contribution in [3.8, 4) is 0 Å². The fraction of sp³-hybridized carbons (Fsp3) is 0.375. The largest absolute Gasteiger partial charge is 0.481 e. The molecule has 0 fully saturated rings. The number of carbonyl (C=O) groups is 1. The van der Waals surface area contributed by atoms with Crippen molar-refractivity contribution in [2.24, 2.45) is 0 Å². The highest BCUT2D eigenvalue weighted by atomic mass is 16.4. The van der Waals surface area contributed by atoms with Crippen LogP contribution in [0.2, 0.25) is 0 Å². The zero-order chi connectivity index (χ0) is 15.2. The summed E-state index contributed by atoms with van der Waals surface area (Å²) < 4.78 is 0. The van der Waals surface area contributed by atoms with E-state index in [1.165, 1.54) is 0 Å².